The average Bonchev–Trinajstić information content (AvgIpc) is 2.49. The molecule has 1 amide bonds. The minimum atomic E-state index is -1.53. The second-order valence-corrected chi connectivity index (χ2v) is 6.61. The van der Waals surface area contributed by atoms with Gasteiger partial charge in [0, 0.05) is 11.3 Å². The standard InChI is InChI=1S/C16H17F2NO4S/c1-7(2)11-12(17)9(16(21)22)6-10(13(11)18)19-15(20)14-8(3)23-4-5-24-14/h6-7H,4-5H2,1-3H3,(H,19,20)(H,21,22). The highest BCUT2D eigenvalue weighted by molar-refractivity contribution is 8.04. The lowest BCUT2D eigenvalue weighted by Crippen LogP contribution is -2.20. The number of hydrogen-bond acceptors (Lipinski definition) is 4. The van der Waals surface area contributed by atoms with Crippen molar-refractivity contribution in [1.29, 1.82) is 0 Å². The number of anilines is 1. The highest BCUT2D eigenvalue weighted by Crippen LogP contribution is 2.32. The molecule has 1 heterocycles. The molecular formula is C16H17F2NO4S. The summed E-state index contributed by atoms with van der Waals surface area (Å²) in [6.45, 7) is 5.16. The molecule has 8 heteroatoms. The SMILES string of the molecule is CC1=C(C(=O)Nc2cc(C(=O)O)c(F)c(C(C)C)c2F)SCCO1. The second kappa shape index (κ2) is 7.21. The molecule has 0 bridgehead atoms. The lowest BCUT2D eigenvalue weighted by molar-refractivity contribution is -0.112. The third-order valence-electron chi connectivity index (χ3n) is 3.46. The van der Waals surface area contributed by atoms with Crippen LogP contribution in [0.1, 0.15) is 42.6 Å². The van der Waals surface area contributed by atoms with Crippen molar-refractivity contribution in [2.45, 2.75) is 26.7 Å². The molecule has 0 spiro atoms. The first-order chi connectivity index (χ1) is 11.2. The van der Waals surface area contributed by atoms with Crippen LogP contribution in [-0.4, -0.2) is 29.3 Å². The van der Waals surface area contributed by atoms with Gasteiger partial charge in [0.25, 0.3) is 5.91 Å². The third kappa shape index (κ3) is 3.53. The fraction of sp³-hybridized carbons (Fsp3) is 0.375. The summed E-state index contributed by atoms with van der Waals surface area (Å²) < 4.78 is 34.0. The molecular weight excluding hydrogens is 340 g/mol. The summed E-state index contributed by atoms with van der Waals surface area (Å²) in [7, 11) is 0. The molecule has 130 valence electrons. The van der Waals surface area contributed by atoms with Crippen LogP contribution in [0.2, 0.25) is 0 Å². The van der Waals surface area contributed by atoms with Crippen molar-refractivity contribution in [3.8, 4) is 0 Å². The van der Waals surface area contributed by atoms with Crippen molar-refractivity contribution in [3.05, 3.63) is 39.5 Å². The number of nitrogens with one attached hydrogen (secondary N) is 1. The van der Waals surface area contributed by atoms with Crippen molar-refractivity contribution < 1.29 is 28.2 Å². The maximum Gasteiger partial charge on any atom is 0.338 e. The van der Waals surface area contributed by atoms with Crippen molar-refractivity contribution in [2.75, 3.05) is 17.7 Å². The Morgan fingerprint density at radius 2 is 2.00 bits per heavy atom. The number of halogens is 2. The van der Waals surface area contributed by atoms with Crippen LogP contribution < -0.4 is 5.32 Å². The van der Waals surface area contributed by atoms with Gasteiger partial charge in [0.15, 0.2) is 5.82 Å². The highest BCUT2D eigenvalue weighted by atomic mass is 32.2. The quantitative estimate of drug-likeness (QED) is 0.859. The Balaban J connectivity index is 2.47. The van der Waals surface area contributed by atoms with E-state index in [4.69, 9.17) is 9.84 Å². The maximum absolute atomic E-state index is 14.6. The van der Waals surface area contributed by atoms with E-state index < -0.39 is 35.0 Å². The van der Waals surface area contributed by atoms with Gasteiger partial charge in [0.1, 0.15) is 16.5 Å². The number of carboxylic acids is 1. The van der Waals surface area contributed by atoms with Crippen molar-refractivity contribution in [1.82, 2.24) is 0 Å². The van der Waals surface area contributed by atoms with Gasteiger partial charge in [-0.1, -0.05) is 13.8 Å². The summed E-state index contributed by atoms with van der Waals surface area (Å²) >= 11 is 1.26. The summed E-state index contributed by atoms with van der Waals surface area (Å²) in [5, 5.41) is 11.4. The molecule has 0 saturated heterocycles. The molecule has 1 aliphatic heterocycles. The highest BCUT2D eigenvalue weighted by Gasteiger charge is 2.26. The first kappa shape index (κ1) is 18.3. The molecule has 24 heavy (non-hydrogen) atoms. The summed E-state index contributed by atoms with van der Waals surface area (Å²) in [5.74, 6) is -3.85. The summed E-state index contributed by atoms with van der Waals surface area (Å²) in [5.41, 5.74) is -1.42. The van der Waals surface area contributed by atoms with Gasteiger partial charge in [-0.15, -0.1) is 11.8 Å². The minimum Gasteiger partial charge on any atom is -0.496 e. The monoisotopic (exact) mass is 357 g/mol. The lowest BCUT2D eigenvalue weighted by atomic mass is 9.97. The number of thioether (sulfide) groups is 1. The van der Waals surface area contributed by atoms with Crippen LogP contribution >= 0.6 is 11.8 Å². The largest absolute Gasteiger partial charge is 0.496 e. The fourth-order valence-corrected chi connectivity index (χ4v) is 3.14. The van der Waals surface area contributed by atoms with Crippen molar-refractivity contribution >= 4 is 29.3 Å². The van der Waals surface area contributed by atoms with Gasteiger partial charge >= 0.3 is 5.97 Å². The number of carbonyl (C=O) groups is 2. The van der Waals surface area contributed by atoms with E-state index in [2.05, 4.69) is 5.32 Å². The number of amides is 1. The fourth-order valence-electron chi connectivity index (χ4n) is 2.32. The Kier molecular flexibility index (Phi) is 5.48. The Hall–Kier alpha value is -2.09. The van der Waals surface area contributed by atoms with Crippen molar-refractivity contribution in [2.24, 2.45) is 0 Å². The average molecular weight is 357 g/mol. The normalized spacial score (nSPS) is 14.6. The molecule has 1 aliphatic rings. The predicted octanol–water partition coefficient (Wildman–Crippen LogP) is 3.72. The van der Waals surface area contributed by atoms with Gasteiger partial charge in [-0.3, -0.25) is 4.79 Å². The van der Waals surface area contributed by atoms with Crippen LogP contribution in [0.4, 0.5) is 14.5 Å². The van der Waals surface area contributed by atoms with Crippen LogP contribution in [0, 0.1) is 11.6 Å². The lowest BCUT2D eigenvalue weighted by Gasteiger charge is -2.19. The van der Waals surface area contributed by atoms with E-state index in [0.29, 0.717) is 18.1 Å². The summed E-state index contributed by atoms with van der Waals surface area (Å²) in [6, 6.07) is 0.793. The molecule has 0 fully saturated rings. The topological polar surface area (TPSA) is 75.6 Å². The minimum absolute atomic E-state index is 0.285. The van der Waals surface area contributed by atoms with Gasteiger partial charge in [-0.25, -0.2) is 13.6 Å². The Labute approximate surface area is 142 Å². The first-order valence-corrected chi connectivity index (χ1v) is 8.25. The van der Waals surface area contributed by atoms with E-state index in [-0.39, 0.29) is 16.2 Å². The van der Waals surface area contributed by atoms with Gasteiger partial charge in [-0.05, 0) is 18.9 Å². The number of aromatic carboxylic acids is 1. The van der Waals surface area contributed by atoms with Crippen LogP contribution in [0.3, 0.4) is 0 Å². The number of ether oxygens (including phenoxy) is 1. The van der Waals surface area contributed by atoms with E-state index in [9.17, 15) is 18.4 Å². The zero-order valence-corrected chi connectivity index (χ0v) is 14.2. The van der Waals surface area contributed by atoms with Gasteiger partial charge in [0.2, 0.25) is 0 Å². The maximum atomic E-state index is 14.6. The van der Waals surface area contributed by atoms with Gasteiger partial charge in [-0.2, -0.15) is 0 Å². The number of carbonyl (C=O) groups excluding carboxylic acids is 1. The molecule has 5 nitrogen and oxygen atoms in total. The molecule has 0 unspecified atom stereocenters. The molecule has 0 aromatic heterocycles. The van der Waals surface area contributed by atoms with Gasteiger partial charge in [0.05, 0.1) is 17.9 Å². The number of benzene rings is 1. The van der Waals surface area contributed by atoms with Crippen LogP contribution in [-0.2, 0) is 9.53 Å². The van der Waals surface area contributed by atoms with Crippen molar-refractivity contribution in [3.63, 3.8) is 0 Å². The summed E-state index contributed by atoms with van der Waals surface area (Å²) in [4.78, 5) is 23.8. The first-order valence-electron chi connectivity index (χ1n) is 7.27. The molecule has 2 N–H and O–H groups in total. The van der Waals surface area contributed by atoms with Crippen LogP contribution in [0.15, 0.2) is 16.7 Å². The van der Waals surface area contributed by atoms with E-state index in [1.807, 2.05) is 0 Å². The molecule has 0 radical (unpaired) electrons. The van der Waals surface area contributed by atoms with E-state index in [1.54, 1.807) is 6.92 Å². The number of rotatable bonds is 4. The molecule has 2 rings (SSSR count). The molecule has 0 atom stereocenters. The van der Waals surface area contributed by atoms with Crippen LogP contribution in [0.25, 0.3) is 0 Å². The van der Waals surface area contributed by atoms with Gasteiger partial charge < -0.3 is 15.2 Å². The number of allylic oxidation sites excluding steroid dienone is 1. The Bertz CT molecular complexity index is 731. The predicted molar refractivity (Wildman–Crippen MR) is 87.1 cm³/mol. The molecule has 0 saturated carbocycles. The molecule has 1 aromatic carbocycles. The molecule has 1 aromatic rings. The number of carboxylic acid groups (broad SMARTS) is 1. The smallest absolute Gasteiger partial charge is 0.338 e. The van der Waals surface area contributed by atoms with Crippen LogP contribution in [0.5, 0.6) is 0 Å². The second-order valence-electron chi connectivity index (χ2n) is 5.51. The molecule has 0 aliphatic carbocycles. The summed E-state index contributed by atoms with van der Waals surface area (Å²) in [6.07, 6.45) is 0. The number of hydrogen-bond donors (Lipinski definition) is 2. The Morgan fingerprint density at radius 3 is 2.54 bits per heavy atom. The zero-order valence-electron chi connectivity index (χ0n) is 13.4. The Morgan fingerprint density at radius 1 is 1.33 bits per heavy atom. The third-order valence-corrected chi connectivity index (χ3v) is 4.60. The van der Waals surface area contributed by atoms with E-state index >= 15 is 0 Å². The zero-order chi connectivity index (χ0) is 18.0. The van der Waals surface area contributed by atoms with E-state index in [0.717, 1.165) is 6.07 Å². The van der Waals surface area contributed by atoms with E-state index in [1.165, 1.54) is 25.6 Å².